The van der Waals surface area contributed by atoms with Crippen LogP contribution in [0.5, 0.6) is 0 Å². The average molecular weight is 204 g/mol. The molecule has 1 N–H and O–H groups in total. The van der Waals surface area contributed by atoms with Crippen LogP contribution in [-0.4, -0.2) is 31.7 Å². The van der Waals surface area contributed by atoms with Crippen LogP contribution >= 0.6 is 0 Å². The van der Waals surface area contributed by atoms with Gasteiger partial charge in [0.05, 0.1) is 0 Å². The largest absolute Gasteiger partial charge is 0.303 e. The number of hydrogen-bond acceptors (Lipinski definition) is 2. The monoisotopic (exact) mass is 204 g/mol. The fraction of sp³-hybridized carbons (Fsp3) is 0.538. The molecule has 1 aromatic carbocycles. The maximum Gasteiger partial charge on any atom is 0.0478 e. The van der Waals surface area contributed by atoms with Crippen LogP contribution in [0.25, 0.3) is 0 Å². The van der Waals surface area contributed by atoms with Crippen LogP contribution in [0, 0.1) is 0 Å². The molecule has 0 amide bonds. The van der Waals surface area contributed by atoms with Gasteiger partial charge in [0.25, 0.3) is 0 Å². The lowest BCUT2D eigenvalue weighted by Crippen LogP contribution is -2.54. The maximum absolute atomic E-state index is 3.50. The quantitative estimate of drug-likeness (QED) is 0.790. The summed E-state index contributed by atoms with van der Waals surface area (Å²) in [6, 6.07) is 10.9. The third-order valence-electron chi connectivity index (χ3n) is 3.48. The van der Waals surface area contributed by atoms with Gasteiger partial charge in [0.2, 0.25) is 0 Å². The molecule has 0 unspecified atom stereocenters. The molecule has 1 fully saturated rings. The first-order valence-corrected chi connectivity index (χ1v) is 5.72. The van der Waals surface area contributed by atoms with E-state index in [2.05, 4.69) is 54.5 Å². The highest BCUT2D eigenvalue weighted by atomic mass is 15.2. The van der Waals surface area contributed by atoms with Crippen LogP contribution in [0.1, 0.15) is 18.9 Å². The lowest BCUT2D eigenvalue weighted by atomic mass is 9.76. The number of nitrogens with zero attached hydrogens (tertiary/aromatic N) is 1. The van der Waals surface area contributed by atoms with Crippen molar-refractivity contribution in [3.8, 4) is 0 Å². The van der Waals surface area contributed by atoms with E-state index < -0.39 is 0 Å². The Bertz CT molecular complexity index is 310. The SMILES string of the molecule is CC[C@]1(c2ccccc2)CNCN(C)C1. The highest BCUT2D eigenvalue weighted by Gasteiger charge is 2.33. The van der Waals surface area contributed by atoms with Crippen molar-refractivity contribution in [3.05, 3.63) is 35.9 Å². The zero-order chi connectivity index (χ0) is 10.7. The van der Waals surface area contributed by atoms with Crippen molar-refractivity contribution in [3.63, 3.8) is 0 Å². The van der Waals surface area contributed by atoms with Crippen LogP contribution in [0.15, 0.2) is 30.3 Å². The third-order valence-corrected chi connectivity index (χ3v) is 3.48. The molecule has 0 saturated carbocycles. The Hall–Kier alpha value is -0.860. The lowest BCUT2D eigenvalue weighted by molar-refractivity contribution is 0.165. The molecule has 2 rings (SSSR count). The van der Waals surface area contributed by atoms with Gasteiger partial charge >= 0.3 is 0 Å². The second kappa shape index (κ2) is 4.33. The summed E-state index contributed by atoms with van der Waals surface area (Å²) in [5.41, 5.74) is 1.76. The zero-order valence-electron chi connectivity index (χ0n) is 9.66. The number of benzene rings is 1. The molecule has 82 valence electrons. The Morgan fingerprint density at radius 1 is 1.33 bits per heavy atom. The van der Waals surface area contributed by atoms with Gasteiger partial charge in [-0.25, -0.2) is 0 Å². The van der Waals surface area contributed by atoms with Gasteiger partial charge in [-0.1, -0.05) is 37.3 Å². The lowest BCUT2D eigenvalue weighted by Gasteiger charge is -2.42. The van der Waals surface area contributed by atoms with Crippen LogP contribution in [-0.2, 0) is 5.41 Å². The maximum atomic E-state index is 3.50. The summed E-state index contributed by atoms with van der Waals surface area (Å²) in [5.74, 6) is 0. The minimum absolute atomic E-state index is 0.300. The minimum atomic E-state index is 0.300. The van der Waals surface area contributed by atoms with Gasteiger partial charge in [0.15, 0.2) is 0 Å². The fourth-order valence-corrected chi connectivity index (χ4v) is 2.54. The molecule has 15 heavy (non-hydrogen) atoms. The van der Waals surface area contributed by atoms with Crippen molar-refractivity contribution >= 4 is 0 Å². The Morgan fingerprint density at radius 3 is 2.67 bits per heavy atom. The van der Waals surface area contributed by atoms with Gasteiger partial charge in [0.1, 0.15) is 0 Å². The molecule has 1 heterocycles. The van der Waals surface area contributed by atoms with Crippen LogP contribution in [0.4, 0.5) is 0 Å². The molecule has 0 aliphatic carbocycles. The van der Waals surface area contributed by atoms with E-state index in [-0.39, 0.29) is 0 Å². The summed E-state index contributed by atoms with van der Waals surface area (Å²) in [7, 11) is 2.18. The van der Waals surface area contributed by atoms with E-state index in [1.165, 1.54) is 12.0 Å². The van der Waals surface area contributed by atoms with E-state index in [1.54, 1.807) is 0 Å². The van der Waals surface area contributed by atoms with Crippen LogP contribution in [0.3, 0.4) is 0 Å². The standard InChI is InChI=1S/C13H20N2/c1-3-13(9-14-11-15(2)10-13)12-7-5-4-6-8-12/h4-8,14H,3,9-11H2,1-2H3/t13-/m0/s1. The molecule has 1 aliphatic rings. The molecule has 1 aliphatic heterocycles. The van der Waals surface area contributed by atoms with Crippen molar-refractivity contribution in [2.24, 2.45) is 0 Å². The summed E-state index contributed by atoms with van der Waals surface area (Å²) >= 11 is 0. The van der Waals surface area contributed by atoms with Crippen LogP contribution in [0.2, 0.25) is 0 Å². The number of nitrogens with one attached hydrogen (secondary N) is 1. The first-order valence-electron chi connectivity index (χ1n) is 5.72. The topological polar surface area (TPSA) is 15.3 Å². The van der Waals surface area contributed by atoms with Gasteiger partial charge in [-0.05, 0) is 19.0 Å². The molecule has 2 heteroatoms. The summed E-state index contributed by atoms with van der Waals surface area (Å²) in [5, 5.41) is 3.50. The second-order valence-corrected chi connectivity index (χ2v) is 4.60. The van der Waals surface area contributed by atoms with Gasteiger partial charge < -0.3 is 5.32 Å². The summed E-state index contributed by atoms with van der Waals surface area (Å²) in [4.78, 5) is 2.36. The Morgan fingerprint density at radius 2 is 2.07 bits per heavy atom. The highest BCUT2D eigenvalue weighted by molar-refractivity contribution is 5.27. The van der Waals surface area contributed by atoms with E-state index in [9.17, 15) is 0 Å². The molecule has 0 radical (unpaired) electrons. The molecule has 0 spiro atoms. The fourth-order valence-electron chi connectivity index (χ4n) is 2.54. The number of rotatable bonds is 2. The first-order chi connectivity index (χ1) is 7.27. The minimum Gasteiger partial charge on any atom is -0.303 e. The normalized spacial score (nSPS) is 27.9. The van der Waals surface area contributed by atoms with Crippen molar-refractivity contribution < 1.29 is 0 Å². The average Bonchev–Trinajstić information content (AvgIpc) is 2.30. The molecule has 1 saturated heterocycles. The van der Waals surface area contributed by atoms with Crippen molar-refractivity contribution in [2.45, 2.75) is 18.8 Å². The summed E-state index contributed by atoms with van der Waals surface area (Å²) in [6.45, 7) is 5.54. The zero-order valence-corrected chi connectivity index (χ0v) is 9.66. The van der Waals surface area contributed by atoms with Crippen molar-refractivity contribution in [2.75, 3.05) is 26.8 Å². The van der Waals surface area contributed by atoms with Crippen LogP contribution < -0.4 is 5.32 Å². The molecule has 0 bridgehead atoms. The Labute approximate surface area is 92.3 Å². The van der Waals surface area contributed by atoms with Gasteiger partial charge in [-0.15, -0.1) is 0 Å². The highest BCUT2D eigenvalue weighted by Crippen LogP contribution is 2.29. The number of likely N-dealkylation sites (N-methyl/N-ethyl adjacent to an activating group) is 1. The first kappa shape index (κ1) is 10.7. The Kier molecular flexibility index (Phi) is 3.08. The predicted molar refractivity (Wildman–Crippen MR) is 63.9 cm³/mol. The van der Waals surface area contributed by atoms with E-state index in [0.29, 0.717) is 5.41 Å². The molecule has 0 aromatic heterocycles. The summed E-state index contributed by atoms with van der Waals surface area (Å²) < 4.78 is 0. The molecule has 2 nitrogen and oxygen atoms in total. The molecule has 1 aromatic rings. The van der Waals surface area contributed by atoms with E-state index >= 15 is 0 Å². The van der Waals surface area contributed by atoms with Gasteiger partial charge in [-0.2, -0.15) is 0 Å². The van der Waals surface area contributed by atoms with Gasteiger partial charge in [0, 0.05) is 25.2 Å². The van der Waals surface area contributed by atoms with Crippen molar-refractivity contribution in [1.29, 1.82) is 0 Å². The molecule has 1 atom stereocenters. The Balaban J connectivity index is 2.28. The molecular formula is C13H20N2. The van der Waals surface area contributed by atoms with Gasteiger partial charge in [-0.3, -0.25) is 4.90 Å². The van der Waals surface area contributed by atoms with E-state index in [1.807, 2.05) is 0 Å². The number of hydrogen-bond donors (Lipinski definition) is 1. The molecular weight excluding hydrogens is 184 g/mol. The third kappa shape index (κ3) is 2.06. The van der Waals surface area contributed by atoms with E-state index in [0.717, 1.165) is 19.8 Å². The smallest absolute Gasteiger partial charge is 0.0478 e. The van der Waals surface area contributed by atoms with Crippen molar-refractivity contribution in [1.82, 2.24) is 10.2 Å². The second-order valence-electron chi connectivity index (χ2n) is 4.60. The van der Waals surface area contributed by atoms with E-state index in [4.69, 9.17) is 0 Å². The summed E-state index contributed by atoms with van der Waals surface area (Å²) in [6.07, 6.45) is 1.19. The predicted octanol–water partition coefficient (Wildman–Crippen LogP) is 1.83.